The van der Waals surface area contributed by atoms with Crippen LogP contribution in [-0.4, -0.2) is 61.1 Å². The first-order valence-corrected chi connectivity index (χ1v) is 11.1. The standard InChI is InChI=1S/C26H31N5O/c1-29-14-16-31(17-15-29)25-18-21(12-13-27-25)19-28-26(32)30(2)20-23-10-6-7-11-24(23)22-8-4-3-5-9-22/h3-13,18H,14-17,19-20H2,1-2H3,(H,28,32). The van der Waals surface area contributed by atoms with Crippen molar-refractivity contribution in [1.29, 1.82) is 0 Å². The Kier molecular flexibility index (Phi) is 7.02. The largest absolute Gasteiger partial charge is 0.354 e. The van der Waals surface area contributed by atoms with Gasteiger partial charge in [0.1, 0.15) is 5.82 Å². The summed E-state index contributed by atoms with van der Waals surface area (Å²) in [6.07, 6.45) is 1.83. The smallest absolute Gasteiger partial charge is 0.317 e. The Morgan fingerprint density at radius 1 is 1.00 bits per heavy atom. The number of pyridine rings is 1. The van der Waals surface area contributed by atoms with Gasteiger partial charge in [-0.1, -0.05) is 54.6 Å². The molecule has 1 aromatic heterocycles. The van der Waals surface area contributed by atoms with Crippen LogP contribution in [0, 0.1) is 0 Å². The Labute approximate surface area is 190 Å². The molecule has 6 nitrogen and oxygen atoms in total. The second kappa shape index (κ2) is 10.3. The van der Waals surface area contributed by atoms with Crippen LogP contribution >= 0.6 is 0 Å². The molecule has 0 radical (unpaired) electrons. The minimum absolute atomic E-state index is 0.0918. The molecule has 0 aliphatic carbocycles. The summed E-state index contributed by atoms with van der Waals surface area (Å²) in [5, 5.41) is 3.05. The van der Waals surface area contributed by atoms with Crippen molar-refractivity contribution in [3.05, 3.63) is 84.1 Å². The average Bonchev–Trinajstić information content (AvgIpc) is 2.84. The first-order chi connectivity index (χ1) is 15.6. The Hall–Kier alpha value is -3.38. The number of hydrogen-bond donors (Lipinski definition) is 1. The number of rotatable bonds is 6. The van der Waals surface area contributed by atoms with Gasteiger partial charge in [-0.25, -0.2) is 9.78 Å². The van der Waals surface area contributed by atoms with Crippen molar-refractivity contribution in [1.82, 2.24) is 20.1 Å². The van der Waals surface area contributed by atoms with E-state index in [9.17, 15) is 4.79 Å². The molecule has 1 saturated heterocycles. The van der Waals surface area contributed by atoms with E-state index in [2.05, 4.69) is 57.5 Å². The number of carbonyl (C=O) groups excluding carboxylic acids is 1. The fraction of sp³-hybridized carbons (Fsp3) is 0.308. The number of piperazine rings is 1. The summed E-state index contributed by atoms with van der Waals surface area (Å²) in [7, 11) is 3.98. The van der Waals surface area contributed by atoms with Gasteiger partial charge in [-0.05, 0) is 41.4 Å². The van der Waals surface area contributed by atoms with Crippen molar-refractivity contribution in [2.45, 2.75) is 13.1 Å². The Morgan fingerprint density at radius 2 is 1.72 bits per heavy atom. The predicted molar refractivity (Wildman–Crippen MR) is 130 cm³/mol. The van der Waals surface area contributed by atoms with Crippen LogP contribution in [0.4, 0.5) is 10.6 Å². The third-order valence-electron chi connectivity index (χ3n) is 5.94. The molecule has 2 aromatic carbocycles. The molecule has 32 heavy (non-hydrogen) atoms. The number of hydrogen-bond acceptors (Lipinski definition) is 4. The van der Waals surface area contributed by atoms with Gasteiger partial charge in [0.2, 0.25) is 0 Å². The summed E-state index contributed by atoms with van der Waals surface area (Å²) >= 11 is 0. The fourth-order valence-corrected chi connectivity index (χ4v) is 3.98. The van der Waals surface area contributed by atoms with E-state index >= 15 is 0 Å². The molecular formula is C26H31N5O. The van der Waals surface area contributed by atoms with Gasteiger partial charge in [-0.15, -0.1) is 0 Å². The minimum atomic E-state index is -0.0918. The van der Waals surface area contributed by atoms with Crippen molar-refractivity contribution in [3.63, 3.8) is 0 Å². The minimum Gasteiger partial charge on any atom is -0.354 e. The van der Waals surface area contributed by atoms with Gasteiger partial charge in [-0.3, -0.25) is 0 Å². The first kappa shape index (κ1) is 21.8. The number of benzene rings is 2. The molecular weight excluding hydrogens is 398 g/mol. The van der Waals surface area contributed by atoms with Crippen LogP contribution in [0.3, 0.4) is 0 Å². The Bertz CT molecular complexity index is 1030. The van der Waals surface area contributed by atoms with Crippen LogP contribution in [0.5, 0.6) is 0 Å². The normalized spacial score (nSPS) is 14.2. The number of urea groups is 1. The SMILES string of the molecule is CN1CCN(c2cc(CNC(=O)N(C)Cc3ccccc3-c3ccccc3)ccn2)CC1. The van der Waals surface area contributed by atoms with E-state index in [0.29, 0.717) is 13.1 Å². The zero-order valence-electron chi connectivity index (χ0n) is 18.9. The molecule has 0 saturated carbocycles. The molecule has 3 aromatic rings. The quantitative estimate of drug-likeness (QED) is 0.647. The lowest BCUT2D eigenvalue weighted by molar-refractivity contribution is 0.206. The molecule has 0 bridgehead atoms. The Morgan fingerprint density at radius 3 is 2.50 bits per heavy atom. The van der Waals surface area contributed by atoms with E-state index in [0.717, 1.165) is 54.3 Å². The summed E-state index contributed by atoms with van der Waals surface area (Å²) in [5.74, 6) is 0.981. The first-order valence-electron chi connectivity index (χ1n) is 11.1. The number of nitrogens with zero attached hydrogens (tertiary/aromatic N) is 4. The van der Waals surface area contributed by atoms with Gasteiger partial charge in [0, 0.05) is 52.5 Å². The number of aromatic nitrogens is 1. The summed E-state index contributed by atoms with van der Waals surface area (Å²) in [6.45, 7) is 5.05. The highest BCUT2D eigenvalue weighted by atomic mass is 16.2. The van der Waals surface area contributed by atoms with Gasteiger partial charge in [0.15, 0.2) is 0 Å². The topological polar surface area (TPSA) is 51.7 Å². The number of carbonyl (C=O) groups is 1. The number of amides is 2. The molecule has 1 aliphatic heterocycles. The van der Waals surface area contributed by atoms with E-state index in [1.165, 1.54) is 0 Å². The van der Waals surface area contributed by atoms with Crippen LogP contribution < -0.4 is 10.2 Å². The van der Waals surface area contributed by atoms with E-state index in [-0.39, 0.29) is 6.03 Å². The summed E-state index contributed by atoms with van der Waals surface area (Å²) in [4.78, 5) is 23.7. The molecule has 0 unspecified atom stereocenters. The zero-order chi connectivity index (χ0) is 22.3. The molecule has 2 amide bonds. The van der Waals surface area contributed by atoms with Crippen molar-refractivity contribution in [2.24, 2.45) is 0 Å². The van der Waals surface area contributed by atoms with Crippen LogP contribution in [0.25, 0.3) is 11.1 Å². The third kappa shape index (κ3) is 5.45. The maximum atomic E-state index is 12.8. The van der Waals surface area contributed by atoms with Gasteiger partial charge < -0.3 is 20.0 Å². The molecule has 0 spiro atoms. The van der Waals surface area contributed by atoms with Crippen LogP contribution in [0.2, 0.25) is 0 Å². The van der Waals surface area contributed by atoms with E-state index < -0.39 is 0 Å². The molecule has 166 valence electrons. The molecule has 4 rings (SSSR count). The van der Waals surface area contributed by atoms with Gasteiger partial charge in [-0.2, -0.15) is 0 Å². The number of nitrogens with one attached hydrogen (secondary N) is 1. The average molecular weight is 430 g/mol. The monoisotopic (exact) mass is 429 g/mol. The Balaban J connectivity index is 1.36. The van der Waals surface area contributed by atoms with Crippen molar-refractivity contribution < 1.29 is 4.79 Å². The van der Waals surface area contributed by atoms with E-state index in [1.807, 2.05) is 49.6 Å². The molecule has 1 fully saturated rings. The molecule has 2 heterocycles. The van der Waals surface area contributed by atoms with Crippen molar-refractivity contribution >= 4 is 11.8 Å². The van der Waals surface area contributed by atoms with Gasteiger partial charge in [0.05, 0.1) is 0 Å². The third-order valence-corrected chi connectivity index (χ3v) is 5.94. The highest BCUT2D eigenvalue weighted by Gasteiger charge is 2.16. The molecule has 6 heteroatoms. The summed E-state index contributed by atoms with van der Waals surface area (Å²) in [6, 6.07) is 22.5. The summed E-state index contributed by atoms with van der Waals surface area (Å²) in [5.41, 5.74) is 4.49. The lowest BCUT2D eigenvalue weighted by Gasteiger charge is -2.33. The molecule has 1 aliphatic rings. The maximum Gasteiger partial charge on any atom is 0.317 e. The van der Waals surface area contributed by atoms with Gasteiger partial charge in [0.25, 0.3) is 0 Å². The second-order valence-electron chi connectivity index (χ2n) is 8.35. The maximum absolute atomic E-state index is 12.8. The lowest BCUT2D eigenvalue weighted by atomic mass is 9.99. The number of likely N-dealkylation sites (N-methyl/N-ethyl adjacent to an activating group) is 1. The number of anilines is 1. The van der Waals surface area contributed by atoms with Crippen LogP contribution in [-0.2, 0) is 13.1 Å². The second-order valence-corrected chi connectivity index (χ2v) is 8.35. The summed E-state index contributed by atoms with van der Waals surface area (Å²) < 4.78 is 0. The van der Waals surface area contributed by atoms with E-state index in [1.54, 1.807) is 4.90 Å². The molecule has 0 atom stereocenters. The lowest BCUT2D eigenvalue weighted by Crippen LogP contribution is -2.44. The zero-order valence-corrected chi connectivity index (χ0v) is 18.9. The fourth-order valence-electron chi connectivity index (χ4n) is 3.98. The van der Waals surface area contributed by atoms with E-state index in [4.69, 9.17) is 0 Å². The van der Waals surface area contributed by atoms with Crippen LogP contribution in [0.1, 0.15) is 11.1 Å². The van der Waals surface area contributed by atoms with Crippen molar-refractivity contribution in [2.75, 3.05) is 45.2 Å². The predicted octanol–water partition coefficient (Wildman–Crippen LogP) is 3.84. The van der Waals surface area contributed by atoms with Crippen molar-refractivity contribution in [3.8, 4) is 11.1 Å². The van der Waals surface area contributed by atoms with Gasteiger partial charge >= 0.3 is 6.03 Å². The molecule has 1 N–H and O–H groups in total. The highest BCUT2D eigenvalue weighted by molar-refractivity contribution is 5.75. The van der Waals surface area contributed by atoms with Crippen LogP contribution in [0.15, 0.2) is 72.9 Å². The highest BCUT2D eigenvalue weighted by Crippen LogP contribution is 2.24.